The summed E-state index contributed by atoms with van der Waals surface area (Å²) >= 11 is 5.94. The van der Waals surface area contributed by atoms with Gasteiger partial charge in [0.25, 0.3) is 0 Å². The Hall–Kier alpha value is -2.35. The van der Waals surface area contributed by atoms with Gasteiger partial charge in [-0.15, -0.1) is 0 Å². The van der Waals surface area contributed by atoms with Crippen LogP contribution in [0.2, 0.25) is 0 Å². The molecule has 0 saturated carbocycles. The van der Waals surface area contributed by atoms with Crippen molar-refractivity contribution < 1.29 is 14.2 Å². The number of ether oxygens (including phenoxy) is 3. The number of hydrogen-bond acceptors (Lipinski definition) is 7. The molecule has 8 heteroatoms. The summed E-state index contributed by atoms with van der Waals surface area (Å²) in [7, 11) is 3.72. The fourth-order valence-electron chi connectivity index (χ4n) is 3.30. The van der Waals surface area contributed by atoms with Crippen molar-refractivity contribution >= 4 is 28.3 Å². The molecular weight excluding hydrogens is 428 g/mol. The maximum Gasteiger partial charge on any atom is 0.163 e. The molecule has 0 fully saturated rings. The van der Waals surface area contributed by atoms with Crippen molar-refractivity contribution in [3.8, 4) is 11.5 Å². The van der Waals surface area contributed by atoms with E-state index in [2.05, 4.69) is 40.7 Å². The van der Waals surface area contributed by atoms with Crippen molar-refractivity contribution in [2.24, 2.45) is 0 Å². The molecule has 0 aliphatic carbocycles. The van der Waals surface area contributed by atoms with E-state index in [-0.39, 0.29) is 6.10 Å². The van der Waals surface area contributed by atoms with E-state index in [1.54, 1.807) is 20.1 Å². The number of benzene rings is 1. The molecule has 1 atom stereocenters. The zero-order valence-corrected chi connectivity index (χ0v) is 20.5. The first kappa shape index (κ1) is 25.9. The number of nitrogens with one attached hydrogen (secondary N) is 1. The normalized spacial score (nSPS) is 12.8. The second-order valence-electron chi connectivity index (χ2n) is 7.63. The van der Waals surface area contributed by atoms with Crippen LogP contribution in [0.15, 0.2) is 41.8 Å². The first-order chi connectivity index (χ1) is 15.4. The van der Waals surface area contributed by atoms with Gasteiger partial charge in [0.2, 0.25) is 0 Å². The molecule has 0 bridgehead atoms. The van der Waals surface area contributed by atoms with E-state index in [1.165, 1.54) is 12.7 Å². The number of aromatic nitrogens is 2. The van der Waals surface area contributed by atoms with Crippen LogP contribution in [0, 0.1) is 0 Å². The van der Waals surface area contributed by atoms with Crippen molar-refractivity contribution in [1.29, 1.82) is 0 Å². The number of rotatable bonds is 14. The highest BCUT2D eigenvalue weighted by atomic mass is 35.5. The third-order valence-electron chi connectivity index (χ3n) is 4.81. The van der Waals surface area contributed by atoms with Gasteiger partial charge in [0.1, 0.15) is 24.9 Å². The van der Waals surface area contributed by atoms with Crippen molar-refractivity contribution in [3.05, 3.63) is 41.8 Å². The van der Waals surface area contributed by atoms with Gasteiger partial charge in [-0.1, -0.05) is 31.5 Å². The molecule has 1 heterocycles. The van der Waals surface area contributed by atoms with Crippen LogP contribution in [0.3, 0.4) is 0 Å². The van der Waals surface area contributed by atoms with E-state index >= 15 is 0 Å². The first-order valence-corrected chi connectivity index (χ1v) is 11.3. The van der Waals surface area contributed by atoms with Gasteiger partial charge in [-0.05, 0) is 46.0 Å². The Kier molecular flexibility index (Phi) is 10.7. The summed E-state index contributed by atoms with van der Waals surface area (Å²) in [5.41, 5.74) is 1.36. The Morgan fingerprint density at radius 2 is 2.06 bits per heavy atom. The summed E-state index contributed by atoms with van der Waals surface area (Å²) in [4.78, 5) is 11.0. The molecule has 176 valence electrons. The summed E-state index contributed by atoms with van der Waals surface area (Å²) < 4.78 is 17.6. The molecule has 0 amide bonds. The summed E-state index contributed by atoms with van der Waals surface area (Å²) in [6.07, 6.45) is 5.52. The molecule has 2 aromatic rings. The van der Waals surface area contributed by atoms with E-state index in [9.17, 15) is 0 Å². The number of likely N-dealkylation sites (N-methyl/N-ethyl adjacent to an activating group) is 1. The monoisotopic (exact) mass is 462 g/mol. The number of methoxy groups -OCH3 is 1. The van der Waals surface area contributed by atoms with Gasteiger partial charge in [0.05, 0.1) is 12.6 Å². The first-order valence-electron chi connectivity index (χ1n) is 10.9. The van der Waals surface area contributed by atoms with E-state index in [1.807, 2.05) is 19.1 Å². The van der Waals surface area contributed by atoms with Gasteiger partial charge >= 0.3 is 0 Å². The number of anilines is 1. The van der Waals surface area contributed by atoms with Crippen LogP contribution in [-0.2, 0) is 4.74 Å². The Morgan fingerprint density at radius 3 is 2.72 bits per heavy atom. The van der Waals surface area contributed by atoms with Gasteiger partial charge < -0.3 is 24.4 Å². The molecule has 1 unspecified atom stereocenters. The molecule has 7 nitrogen and oxygen atoms in total. The second kappa shape index (κ2) is 13.3. The molecule has 0 aliphatic rings. The van der Waals surface area contributed by atoms with Crippen molar-refractivity contribution in [2.75, 3.05) is 45.8 Å². The minimum Gasteiger partial charge on any atom is -0.493 e. The topological polar surface area (TPSA) is 68.7 Å². The number of halogens is 1. The van der Waals surface area contributed by atoms with E-state index in [0.717, 1.165) is 30.4 Å². The molecule has 0 radical (unpaired) electrons. The average molecular weight is 463 g/mol. The minimum atomic E-state index is -0.0428. The molecule has 0 spiro atoms. The van der Waals surface area contributed by atoms with Gasteiger partial charge in [-0.2, -0.15) is 0 Å². The molecule has 0 aliphatic heterocycles. The Bertz CT molecular complexity index is 915. The second-order valence-corrected chi connectivity index (χ2v) is 8.22. The lowest BCUT2D eigenvalue weighted by atomic mass is 10.2. The van der Waals surface area contributed by atoms with Crippen LogP contribution in [-0.4, -0.2) is 61.4 Å². The number of nitrogens with zero attached hydrogens (tertiary/aromatic N) is 3. The smallest absolute Gasteiger partial charge is 0.163 e. The Labute approximate surface area is 196 Å². The third-order valence-corrected chi connectivity index (χ3v) is 4.92. The summed E-state index contributed by atoms with van der Waals surface area (Å²) in [5, 5.41) is 4.58. The lowest BCUT2D eigenvalue weighted by molar-refractivity contribution is 0.00815. The Morgan fingerprint density at radius 1 is 1.28 bits per heavy atom. The zero-order valence-electron chi connectivity index (χ0n) is 19.8. The number of unbranched alkanes of at least 4 members (excludes halogenated alkanes) is 1. The standard InChI is InChI=1S/C24H35ClN4O3/c1-7-9-10-29(5)14-19(31-8-2)15-32-23-13-21-20(12-22(23)30-6)24(27-16-26-21)28-18(4)11-17(3)25/h11-13,16,19H,4,7-10,14-15H2,1-3,5-6H3,(H,26,27,28)/b17-11+. The van der Waals surface area contributed by atoms with E-state index < -0.39 is 0 Å². The quantitative estimate of drug-likeness (QED) is 0.386. The highest BCUT2D eigenvalue weighted by Crippen LogP contribution is 2.34. The summed E-state index contributed by atoms with van der Waals surface area (Å²) in [6.45, 7) is 12.8. The maximum atomic E-state index is 6.13. The van der Waals surface area contributed by atoms with Crippen LogP contribution < -0.4 is 14.8 Å². The predicted molar refractivity (Wildman–Crippen MR) is 132 cm³/mol. The average Bonchev–Trinajstić information content (AvgIpc) is 2.75. The maximum absolute atomic E-state index is 6.13. The van der Waals surface area contributed by atoms with Gasteiger partial charge in [-0.3, -0.25) is 0 Å². The zero-order chi connectivity index (χ0) is 23.5. The summed E-state index contributed by atoms with van der Waals surface area (Å²) in [6, 6.07) is 3.72. The Balaban J connectivity index is 2.21. The molecule has 1 N–H and O–H groups in total. The molecule has 0 saturated heterocycles. The van der Waals surface area contributed by atoms with Crippen molar-refractivity contribution in [2.45, 2.75) is 39.7 Å². The lowest BCUT2D eigenvalue weighted by Gasteiger charge is -2.24. The van der Waals surface area contributed by atoms with Crippen LogP contribution in [0.5, 0.6) is 11.5 Å². The van der Waals surface area contributed by atoms with Crippen molar-refractivity contribution in [1.82, 2.24) is 14.9 Å². The lowest BCUT2D eigenvalue weighted by Crippen LogP contribution is -2.35. The van der Waals surface area contributed by atoms with Gasteiger partial charge in [0, 0.05) is 35.3 Å². The van der Waals surface area contributed by atoms with Crippen molar-refractivity contribution in [3.63, 3.8) is 0 Å². The highest BCUT2D eigenvalue weighted by molar-refractivity contribution is 6.29. The largest absolute Gasteiger partial charge is 0.493 e. The molecule has 1 aromatic carbocycles. The number of fused-ring (bicyclic) bond motifs is 1. The van der Waals surface area contributed by atoms with Crippen LogP contribution in [0.4, 0.5) is 5.82 Å². The fourth-order valence-corrected chi connectivity index (χ4v) is 3.43. The summed E-state index contributed by atoms with van der Waals surface area (Å²) in [5.74, 6) is 1.82. The van der Waals surface area contributed by atoms with Crippen LogP contribution >= 0.6 is 11.6 Å². The van der Waals surface area contributed by atoms with Crippen LogP contribution in [0.1, 0.15) is 33.6 Å². The highest BCUT2D eigenvalue weighted by Gasteiger charge is 2.16. The molecule has 1 aromatic heterocycles. The van der Waals surface area contributed by atoms with Gasteiger partial charge in [-0.25, -0.2) is 9.97 Å². The van der Waals surface area contributed by atoms with E-state index in [4.69, 9.17) is 25.8 Å². The molecule has 2 rings (SSSR count). The van der Waals surface area contributed by atoms with Crippen LogP contribution in [0.25, 0.3) is 10.9 Å². The van der Waals surface area contributed by atoms with Gasteiger partial charge in [0.15, 0.2) is 11.5 Å². The third kappa shape index (κ3) is 7.97. The minimum absolute atomic E-state index is 0.0428. The SMILES string of the molecule is C=C(/C=C(\C)Cl)Nc1ncnc2cc(OCC(CN(C)CCCC)OCC)c(OC)cc12. The number of hydrogen-bond donors (Lipinski definition) is 1. The predicted octanol–water partition coefficient (Wildman–Crippen LogP) is 5.22. The molecule has 32 heavy (non-hydrogen) atoms. The van der Waals surface area contributed by atoms with E-state index in [0.29, 0.717) is 41.3 Å². The molecular formula is C24H35ClN4O3. The fraction of sp³-hybridized carbons (Fsp3) is 0.500. The number of allylic oxidation sites excluding steroid dienone is 2.